The van der Waals surface area contributed by atoms with E-state index in [-0.39, 0.29) is 18.6 Å². The summed E-state index contributed by atoms with van der Waals surface area (Å²) in [5, 5.41) is 11.6. The summed E-state index contributed by atoms with van der Waals surface area (Å²) in [6, 6.07) is 7.54. The third kappa shape index (κ3) is 6.06. The van der Waals surface area contributed by atoms with E-state index in [0.29, 0.717) is 6.42 Å². The van der Waals surface area contributed by atoms with Gasteiger partial charge in [0.05, 0.1) is 7.11 Å². The quantitative estimate of drug-likeness (QED) is 0.740. The molecule has 1 atom stereocenters. The third-order valence-corrected chi connectivity index (χ3v) is 2.73. The second kappa shape index (κ2) is 8.32. The number of ether oxygens (including phenoxy) is 1. The highest BCUT2D eigenvalue weighted by Crippen LogP contribution is 2.12. The van der Waals surface area contributed by atoms with Gasteiger partial charge in [-0.05, 0) is 43.5 Å². The zero-order valence-corrected chi connectivity index (χ0v) is 11.4. The number of hydrogen-bond acceptors (Lipinski definition) is 3. The first-order valence-electron chi connectivity index (χ1n) is 6.39. The minimum atomic E-state index is -0.124. The van der Waals surface area contributed by atoms with Crippen LogP contribution in [0.4, 0.5) is 0 Å². The van der Waals surface area contributed by atoms with E-state index in [2.05, 4.69) is 5.32 Å². The highest BCUT2D eigenvalue weighted by atomic mass is 16.5. The van der Waals surface area contributed by atoms with Gasteiger partial charge >= 0.3 is 0 Å². The van der Waals surface area contributed by atoms with Crippen LogP contribution in [0.3, 0.4) is 0 Å². The summed E-state index contributed by atoms with van der Waals surface area (Å²) in [5.74, 6) is 0.667. The molecule has 0 aromatic heterocycles. The van der Waals surface area contributed by atoms with Crippen LogP contribution in [0.5, 0.6) is 5.75 Å². The second-order valence-electron chi connectivity index (χ2n) is 4.38. The molecule has 0 aliphatic heterocycles. The van der Waals surface area contributed by atoms with Crippen molar-refractivity contribution in [1.29, 1.82) is 0 Å². The van der Waals surface area contributed by atoms with Crippen LogP contribution in [-0.4, -0.2) is 30.8 Å². The summed E-state index contributed by atoms with van der Waals surface area (Å²) in [7, 11) is 1.62. The average molecular weight is 263 g/mol. The highest BCUT2D eigenvalue weighted by molar-refractivity contribution is 5.91. The summed E-state index contributed by atoms with van der Waals surface area (Å²) in [4.78, 5) is 11.6. The van der Waals surface area contributed by atoms with Gasteiger partial charge in [0, 0.05) is 18.7 Å². The SMILES string of the molecule is COc1ccc(C=CC(=O)NC(C)CCCO)cc1. The van der Waals surface area contributed by atoms with Crippen LogP contribution in [0, 0.1) is 0 Å². The first-order chi connectivity index (χ1) is 9.15. The number of hydrogen-bond donors (Lipinski definition) is 2. The molecule has 1 aromatic carbocycles. The van der Waals surface area contributed by atoms with Crippen LogP contribution in [0.25, 0.3) is 6.08 Å². The Morgan fingerprint density at radius 2 is 2.11 bits per heavy atom. The van der Waals surface area contributed by atoms with Crippen molar-refractivity contribution in [1.82, 2.24) is 5.32 Å². The van der Waals surface area contributed by atoms with Crippen molar-refractivity contribution in [2.45, 2.75) is 25.8 Å². The van der Waals surface area contributed by atoms with Gasteiger partial charge in [0.15, 0.2) is 0 Å². The lowest BCUT2D eigenvalue weighted by Crippen LogP contribution is -2.31. The number of benzene rings is 1. The fraction of sp³-hybridized carbons (Fsp3) is 0.400. The number of carbonyl (C=O) groups is 1. The molecule has 0 aliphatic rings. The monoisotopic (exact) mass is 263 g/mol. The maximum Gasteiger partial charge on any atom is 0.244 e. The molecular weight excluding hydrogens is 242 g/mol. The number of nitrogens with one attached hydrogen (secondary N) is 1. The van der Waals surface area contributed by atoms with Crippen molar-refractivity contribution in [3.63, 3.8) is 0 Å². The number of carbonyl (C=O) groups excluding carboxylic acids is 1. The molecule has 4 heteroatoms. The Balaban J connectivity index is 2.44. The Morgan fingerprint density at radius 3 is 2.68 bits per heavy atom. The molecular formula is C15H21NO3. The zero-order valence-electron chi connectivity index (χ0n) is 11.4. The number of methoxy groups -OCH3 is 1. The molecule has 0 bridgehead atoms. The van der Waals surface area contributed by atoms with E-state index >= 15 is 0 Å². The Labute approximate surface area is 114 Å². The van der Waals surface area contributed by atoms with Crippen LogP contribution in [0.1, 0.15) is 25.3 Å². The van der Waals surface area contributed by atoms with Crippen molar-refractivity contribution in [3.8, 4) is 5.75 Å². The van der Waals surface area contributed by atoms with Crippen LogP contribution < -0.4 is 10.1 Å². The van der Waals surface area contributed by atoms with Gasteiger partial charge in [-0.2, -0.15) is 0 Å². The molecule has 0 aliphatic carbocycles. The lowest BCUT2D eigenvalue weighted by Gasteiger charge is -2.11. The zero-order chi connectivity index (χ0) is 14.1. The van der Waals surface area contributed by atoms with Crippen molar-refractivity contribution < 1.29 is 14.6 Å². The maximum atomic E-state index is 11.6. The van der Waals surface area contributed by atoms with Gasteiger partial charge in [0.2, 0.25) is 5.91 Å². The molecule has 1 unspecified atom stereocenters. The van der Waals surface area contributed by atoms with E-state index in [1.165, 1.54) is 6.08 Å². The summed E-state index contributed by atoms with van der Waals surface area (Å²) in [5.41, 5.74) is 0.943. The molecule has 104 valence electrons. The van der Waals surface area contributed by atoms with Gasteiger partial charge in [-0.1, -0.05) is 12.1 Å². The number of aliphatic hydroxyl groups excluding tert-OH is 1. The minimum absolute atomic E-state index is 0.0696. The van der Waals surface area contributed by atoms with Crippen LogP contribution in [0.15, 0.2) is 30.3 Å². The molecule has 19 heavy (non-hydrogen) atoms. The average Bonchev–Trinajstić information content (AvgIpc) is 2.43. The molecule has 0 radical (unpaired) electrons. The molecule has 1 aromatic rings. The number of aliphatic hydroxyl groups is 1. The van der Waals surface area contributed by atoms with E-state index in [9.17, 15) is 4.79 Å². The Morgan fingerprint density at radius 1 is 1.42 bits per heavy atom. The Bertz CT molecular complexity index is 412. The molecule has 2 N–H and O–H groups in total. The van der Waals surface area contributed by atoms with Crippen LogP contribution in [-0.2, 0) is 4.79 Å². The minimum Gasteiger partial charge on any atom is -0.497 e. The van der Waals surface area contributed by atoms with Crippen molar-refractivity contribution in [3.05, 3.63) is 35.9 Å². The largest absolute Gasteiger partial charge is 0.497 e. The molecule has 0 fully saturated rings. The predicted octanol–water partition coefficient (Wildman–Crippen LogP) is 1.99. The summed E-state index contributed by atoms with van der Waals surface area (Å²) >= 11 is 0. The van der Waals surface area contributed by atoms with Crippen molar-refractivity contribution >= 4 is 12.0 Å². The smallest absolute Gasteiger partial charge is 0.244 e. The highest BCUT2D eigenvalue weighted by Gasteiger charge is 2.03. The first-order valence-corrected chi connectivity index (χ1v) is 6.39. The van der Waals surface area contributed by atoms with Crippen LogP contribution >= 0.6 is 0 Å². The standard InChI is InChI=1S/C15H21NO3/c1-12(4-3-11-17)16-15(18)10-7-13-5-8-14(19-2)9-6-13/h5-10,12,17H,3-4,11H2,1-2H3,(H,16,18). The van der Waals surface area contributed by atoms with Gasteiger partial charge in [0.1, 0.15) is 5.75 Å². The molecule has 0 heterocycles. The summed E-state index contributed by atoms with van der Waals surface area (Å²) in [6.45, 7) is 2.08. The van der Waals surface area contributed by atoms with Gasteiger partial charge in [-0.15, -0.1) is 0 Å². The van der Waals surface area contributed by atoms with Gasteiger partial charge in [-0.25, -0.2) is 0 Å². The third-order valence-electron chi connectivity index (χ3n) is 2.73. The molecule has 1 rings (SSSR count). The van der Waals surface area contributed by atoms with E-state index < -0.39 is 0 Å². The van der Waals surface area contributed by atoms with E-state index in [1.54, 1.807) is 13.2 Å². The summed E-state index contributed by atoms with van der Waals surface area (Å²) < 4.78 is 5.06. The molecule has 0 saturated heterocycles. The Kier molecular flexibility index (Phi) is 6.68. The molecule has 0 spiro atoms. The van der Waals surface area contributed by atoms with E-state index in [0.717, 1.165) is 17.7 Å². The van der Waals surface area contributed by atoms with Crippen LogP contribution in [0.2, 0.25) is 0 Å². The van der Waals surface area contributed by atoms with Crippen molar-refractivity contribution in [2.75, 3.05) is 13.7 Å². The predicted molar refractivity (Wildman–Crippen MR) is 76.0 cm³/mol. The molecule has 1 amide bonds. The number of rotatable bonds is 7. The van der Waals surface area contributed by atoms with E-state index in [4.69, 9.17) is 9.84 Å². The second-order valence-corrected chi connectivity index (χ2v) is 4.38. The maximum absolute atomic E-state index is 11.6. The van der Waals surface area contributed by atoms with Crippen molar-refractivity contribution in [2.24, 2.45) is 0 Å². The lowest BCUT2D eigenvalue weighted by atomic mass is 10.2. The van der Waals surface area contributed by atoms with E-state index in [1.807, 2.05) is 31.2 Å². The fourth-order valence-corrected chi connectivity index (χ4v) is 1.65. The first kappa shape index (κ1) is 15.2. The number of amides is 1. The topological polar surface area (TPSA) is 58.6 Å². The molecule has 4 nitrogen and oxygen atoms in total. The van der Waals surface area contributed by atoms with Gasteiger partial charge < -0.3 is 15.2 Å². The van der Waals surface area contributed by atoms with Gasteiger partial charge in [0.25, 0.3) is 0 Å². The molecule has 0 saturated carbocycles. The normalized spacial score (nSPS) is 12.4. The Hall–Kier alpha value is -1.81. The lowest BCUT2D eigenvalue weighted by molar-refractivity contribution is -0.117. The summed E-state index contributed by atoms with van der Waals surface area (Å²) in [6.07, 6.45) is 4.74. The van der Waals surface area contributed by atoms with Gasteiger partial charge in [-0.3, -0.25) is 4.79 Å². The fourth-order valence-electron chi connectivity index (χ4n) is 1.65.